The number of hydrogen-bond acceptors (Lipinski definition) is 4. The zero-order chi connectivity index (χ0) is 17.0. The van der Waals surface area contributed by atoms with Gasteiger partial charge in [-0.3, -0.25) is 4.99 Å². The highest BCUT2D eigenvalue weighted by Crippen LogP contribution is 2.14. The van der Waals surface area contributed by atoms with Gasteiger partial charge >= 0.3 is 0 Å². The molecule has 1 aromatic rings. The maximum absolute atomic E-state index is 5.94. The Morgan fingerprint density at radius 2 is 2.21 bits per heavy atom. The first kappa shape index (κ1) is 19.2. The minimum atomic E-state index is 0.381. The molecule has 2 heterocycles. The number of rotatable bonds is 9. The van der Waals surface area contributed by atoms with Gasteiger partial charge in [0.2, 0.25) is 0 Å². The molecule has 0 spiro atoms. The van der Waals surface area contributed by atoms with Crippen LogP contribution in [0.4, 0.5) is 0 Å². The Kier molecular flexibility index (Phi) is 9.16. The van der Waals surface area contributed by atoms with Crippen molar-refractivity contribution in [3.63, 3.8) is 0 Å². The molecule has 1 saturated heterocycles. The van der Waals surface area contributed by atoms with Crippen LogP contribution in [0.3, 0.4) is 0 Å². The highest BCUT2D eigenvalue weighted by molar-refractivity contribution is 7.07. The summed E-state index contributed by atoms with van der Waals surface area (Å²) in [6.07, 6.45) is 4.51. The molecule has 136 valence electrons. The number of methoxy groups -OCH3 is 1. The molecule has 0 radical (unpaired) electrons. The highest BCUT2D eigenvalue weighted by atomic mass is 32.1. The Bertz CT molecular complexity index is 457. The van der Waals surface area contributed by atoms with Crippen molar-refractivity contribution in [1.29, 1.82) is 0 Å². The molecular weight excluding hydrogens is 322 g/mol. The molecule has 0 amide bonds. The fraction of sp³-hybridized carbons (Fsp3) is 0.722. The molecule has 0 unspecified atom stereocenters. The van der Waals surface area contributed by atoms with E-state index in [4.69, 9.17) is 14.5 Å². The molecule has 1 aliphatic heterocycles. The van der Waals surface area contributed by atoms with E-state index in [1.54, 1.807) is 18.4 Å². The Labute approximate surface area is 150 Å². The van der Waals surface area contributed by atoms with Crippen molar-refractivity contribution < 1.29 is 9.47 Å². The average molecular weight is 354 g/mol. The third-order valence-corrected chi connectivity index (χ3v) is 4.90. The van der Waals surface area contributed by atoms with Crippen LogP contribution >= 0.6 is 11.3 Å². The molecule has 0 aromatic carbocycles. The van der Waals surface area contributed by atoms with E-state index in [-0.39, 0.29) is 0 Å². The van der Waals surface area contributed by atoms with Crippen LogP contribution in [0.15, 0.2) is 21.8 Å². The van der Waals surface area contributed by atoms with Crippen LogP contribution in [-0.4, -0.2) is 63.5 Å². The van der Waals surface area contributed by atoms with Crippen LogP contribution < -0.4 is 5.32 Å². The van der Waals surface area contributed by atoms with Gasteiger partial charge in [0.15, 0.2) is 5.96 Å². The van der Waals surface area contributed by atoms with Crippen LogP contribution in [0.25, 0.3) is 0 Å². The molecule has 2 rings (SSSR count). The fourth-order valence-electron chi connectivity index (χ4n) is 2.84. The predicted molar refractivity (Wildman–Crippen MR) is 101 cm³/mol. The number of likely N-dealkylation sites (tertiary alicyclic amines) is 1. The quantitative estimate of drug-likeness (QED) is 0.421. The molecule has 1 N–H and O–H groups in total. The summed E-state index contributed by atoms with van der Waals surface area (Å²) in [5.74, 6) is 1.05. The fourth-order valence-corrected chi connectivity index (χ4v) is 3.54. The number of nitrogens with zero attached hydrogens (tertiary/aromatic N) is 2. The lowest BCUT2D eigenvalue weighted by Crippen LogP contribution is -2.47. The van der Waals surface area contributed by atoms with Crippen molar-refractivity contribution in [3.05, 3.63) is 22.4 Å². The molecular formula is C18H31N3O2S. The van der Waals surface area contributed by atoms with Crippen LogP contribution in [0, 0.1) is 0 Å². The SMILES string of the molecule is CCNC(=NCCc1ccsc1)N1CCC(OCCCOC)CC1. The highest BCUT2D eigenvalue weighted by Gasteiger charge is 2.21. The zero-order valence-corrected chi connectivity index (χ0v) is 15.8. The Balaban J connectivity index is 1.73. The molecule has 0 bridgehead atoms. The molecule has 1 aliphatic rings. The summed E-state index contributed by atoms with van der Waals surface area (Å²) in [5, 5.41) is 7.76. The molecule has 0 aliphatic carbocycles. The van der Waals surface area contributed by atoms with Gasteiger partial charge in [-0.2, -0.15) is 11.3 Å². The summed E-state index contributed by atoms with van der Waals surface area (Å²) in [6, 6.07) is 2.18. The summed E-state index contributed by atoms with van der Waals surface area (Å²) < 4.78 is 11.0. The standard InChI is InChI=1S/C18H31N3O2S/c1-3-19-18(20-9-5-16-8-14-24-15-16)21-10-6-17(7-11-21)23-13-4-12-22-2/h8,14-15,17H,3-7,9-13H2,1-2H3,(H,19,20). The van der Waals surface area contributed by atoms with Gasteiger partial charge < -0.3 is 19.7 Å². The summed E-state index contributed by atoms with van der Waals surface area (Å²) in [7, 11) is 1.73. The molecule has 1 aromatic heterocycles. The van der Waals surface area contributed by atoms with Gasteiger partial charge in [0.1, 0.15) is 0 Å². The van der Waals surface area contributed by atoms with E-state index in [9.17, 15) is 0 Å². The number of hydrogen-bond donors (Lipinski definition) is 1. The van der Waals surface area contributed by atoms with E-state index in [1.807, 2.05) is 0 Å². The Morgan fingerprint density at radius 1 is 1.38 bits per heavy atom. The summed E-state index contributed by atoms with van der Waals surface area (Å²) in [5.41, 5.74) is 1.38. The van der Waals surface area contributed by atoms with Gasteiger partial charge in [-0.15, -0.1) is 0 Å². The average Bonchev–Trinajstić information content (AvgIpc) is 3.12. The number of nitrogens with one attached hydrogen (secondary N) is 1. The second kappa shape index (κ2) is 11.4. The van der Waals surface area contributed by atoms with Gasteiger partial charge in [-0.05, 0) is 55.0 Å². The lowest BCUT2D eigenvalue weighted by atomic mass is 10.1. The third kappa shape index (κ3) is 6.79. The van der Waals surface area contributed by atoms with Crippen LogP contribution in [0.2, 0.25) is 0 Å². The number of ether oxygens (including phenoxy) is 2. The van der Waals surface area contributed by atoms with Crippen molar-refractivity contribution in [2.24, 2.45) is 4.99 Å². The Hall–Kier alpha value is -1.11. The van der Waals surface area contributed by atoms with Gasteiger partial charge in [0, 0.05) is 46.5 Å². The first-order chi connectivity index (χ1) is 11.8. The smallest absolute Gasteiger partial charge is 0.193 e. The largest absolute Gasteiger partial charge is 0.385 e. The van der Waals surface area contributed by atoms with Gasteiger partial charge in [0.25, 0.3) is 0 Å². The van der Waals surface area contributed by atoms with Crippen LogP contribution in [0.1, 0.15) is 31.7 Å². The van der Waals surface area contributed by atoms with Crippen molar-refractivity contribution in [2.75, 3.05) is 46.5 Å². The van der Waals surface area contributed by atoms with Gasteiger partial charge in [-0.25, -0.2) is 0 Å². The minimum Gasteiger partial charge on any atom is -0.385 e. The molecule has 5 nitrogen and oxygen atoms in total. The van der Waals surface area contributed by atoms with E-state index in [0.717, 1.165) is 71.0 Å². The summed E-state index contributed by atoms with van der Waals surface area (Å²) in [6.45, 7) is 7.48. The molecule has 6 heteroatoms. The molecule has 0 atom stereocenters. The molecule has 24 heavy (non-hydrogen) atoms. The second-order valence-electron chi connectivity index (χ2n) is 6.02. The molecule has 1 fully saturated rings. The van der Waals surface area contributed by atoms with Crippen molar-refractivity contribution in [2.45, 2.75) is 38.7 Å². The topological polar surface area (TPSA) is 46.1 Å². The van der Waals surface area contributed by atoms with Gasteiger partial charge in [-0.1, -0.05) is 0 Å². The van der Waals surface area contributed by atoms with Crippen molar-refractivity contribution in [3.8, 4) is 0 Å². The van der Waals surface area contributed by atoms with E-state index >= 15 is 0 Å². The van der Waals surface area contributed by atoms with E-state index < -0.39 is 0 Å². The van der Waals surface area contributed by atoms with E-state index in [0.29, 0.717) is 6.10 Å². The third-order valence-electron chi connectivity index (χ3n) is 4.16. The summed E-state index contributed by atoms with van der Waals surface area (Å²) in [4.78, 5) is 7.17. The zero-order valence-electron chi connectivity index (χ0n) is 15.0. The Morgan fingerprint density at radius 3 is 2.88 bits per heavy atom. The maximum atomic E-state index is 5.94. The predicted octanol–water partition coefficient (Wildman–Crippen LogP) is 2.77. The number of guanidine groups is 1. The minimum absolute atomic E-state index is 0.381. The lowest BCUT2D eigenvalue weighted by Gasteiger charge is -2.34. The van der Waals surface area contributed by atoms with E-state index in [1.165, 1.54) is 5.56 Å². The lowest BCUT2D eigenvalue weighted by molar-refractivity contribution is 0.00991. The number of aliphatic imine (C=N–C) groups is 1. The number of piperidine rings is 1. The first-order valence-corrected chi connectivity index (χ1v) is 9.92. The van der Waals surface area contributed by atoms with Crippen LogP contribution in [-0.2, 0) is 15.9 Å². The van der Waals surface area contributed by atoms with Crippen molar-refractivity contribution >= 4 is 17.3 Å². The maximum Gasteiger partial charge on any atom is 0.193 e. The number of thiophene rings is 1. The summed E-state index contributed by atoms with van der Waals surface area (Å²) >= 11 is 1.75. The first-order valence-electron chi connectivity index (χ1n) is 8.98. The molecule has 0 saturated carbocycles. The van der Waals surface area contributed by atoms with Crippen molar-refractivity contribution in [1.82, 2.24) is 10.2 Å². The van der Waals surface area contributed by atoms with E-state index in [2.05, 4.69) is 34.0 Å². The second-order valence-corrected chi connectivity index (χ2v) is 6.80. The normalized spacial score (nSPS) is 16.6. The van der Waals surface area contributed by atoms with Crippen LogP contribution in [0.5, 0.6) is 0 Å². The monoisotopic (exact) mass is 353 g/mol. The van der Waals surface area contributed by atoms with Gasteiger partial charge in [0.05, 0.1) is 6.10 Å².